The Kier molecular flexibility index (Phi) is 9.36. The summed E-state index contributed by atoms with van der Waals surface area (Å²) in [5.74, 6) is 0. The Labute approximate surface area is 255 Å². The second-order valence-corrected chi connectivity index (χ2v) is 11.8. The quantitative estimate of drug-likeness (QED) is 0.268. The van der Waals surface area contributed by atoms with Crippen LogP contribution < -0.4 is 5.32 Å². The van der Waals surface area contributed by atoms with Crippen molar-refractivity contribution in [1.82, 2.24) is 5.32 Å². The molecule has 0 saturated heterocycles. The lowest BCUT2D eigenvalue weighted by atomic mass is 9.64. The molecule has 2 aliphatic carbocycles. The molecule has 1 nitrogen and oxygen atoms in total. The highest BCUT2D eigenvalue weighted by Crippen LogP contribution is 2.48. The smallest absolute Gasteiger partial charge is 0.0448 e. The van der Waals surface area contributed by atoms with Gasteiger partial charge < -0.3 is 5.32 Å². The van der Waals surface area contributed by atoms with Gasteiger partial charge in [-0.2, -0.15) is 0 Å². The van der Waals surface area contributed by atoms with Crippen molar-refractivity contribution in [1.29, 1.82) is 0 Å². The summed E-state index contributed by atoms with van der Waals surface area (Å²) in [6.45, 7) is 11.0. The van der Waals surface area contributed by atoms with E-state index in [1.807, 2.05) is 25.4 Å². The Morgan fingerprint density at radius 3 is 2.60 bits per heavy atom. The zero-order chi connectivity index (χ0) is 29.4. The summed E-state index contributed by atoms with van der Waals surface area (Å²) < 4.78 is 1.29. The van der Waals surface area contributed by atoms with Gasteiger partial charge >= 0.3 is 0 Å². The van der Waals surface area contributed by atoms with Crippen LogP contribution in [-0.2, 0) is 5.41 Å². The van der Waals surface area contributed by atoms with Crippen LogP contribution in [0.15, 0.2) is 163 Å². The van der Waals surface area contributed by atoms with E-state index >= 15 is 0 Å². The van der Waals surface area contributed by atoms with Crippen LogP contribution in [0, 0.1) is 0 Å². The molecule has 0 radical (unpaired) electrons. The van der Waals surface area contributed by atoms with Crippen LogP contribution >= 0.6 is 11.3 Å². The molecule has 210 valence electrons. The maximum absolute atomic E-state index is 4.69. The third-order valence-electron chi connectivity index (χ3n) is 8.19. The molecule has 0 fully saturated rings. The van der Waals surface area contributed by atoms with Crippen LogP contribution in [0.4, 0.5) is 0 Å². The van der Waals surface area contributed by atoms with E-state index in [4.69, 9.17) is 6.58 Å². The number of hydrogen-bond acceptors (Lipinski definition) is 2. The van der Waals surface area contributed by atoms with Crippen molar-refractivity contribution in [3.63, 3.8) is 0 Å². The molecule has 1 N–H and O–H groups in total. The summed E-state index contributed by atoms with van der Waals surface area (Å²) in [7, 11) is 1.92. The van der Waals surface area contributed by atoms with Gasteiger partial charge in [0.1, 0.15) is 0 Å². The normalized spacial score (nSPS) is 21.0. The molecule has 2 aliphatic rings. The number of thiophene rings is 1. The monoisotopic (exact) mass is 565 g/mol. The molecular weight excluding hydrogens is 527 g/mol. The predicted octanol–water partition coefficient (Wildman–Crippen LogP) is 10.8. The lowest BCUT2D eigenvalue weighted by molar-refractivity contribution is 0.593. The molecule has 5 rings (SSSR count). The molecule has 1 atom stereocenters. The highest BCUT2D eigenvalue weighted by atomic mass is 32.1. The summed E-state index contributed by atoms with van der Waals surface area (Å²) in [4.78, 5) is 1.21. The van der Waals surface area contributed by atoms with E-state index in [2.05, 4.69) is 134 Å². The van der Waals surface area contributed by atoms with Gasteiger partial charge in [0, 0.05) is 33.0 Å². The minimum absolute atomic E-state index is 0.365. The lowest BCUT2D eigenvalue weighted by Gasteiger charge is -2.38. The number of rotatable bonds is 8. The fourth-order valence-electron chi connectivity index (χ4n) is 6.03. The highest BCUT2D eigenvalue weighted by molar-refractivity contribution is 7.20. The van der Waals surface area contributed by atoms with E-state index in [1.165, 1.54) is 48.4 Å². The molecule has 1 unspecified atom stereocenters. The summed E-state index contributed by atoms with van der Waals surface area (Å²) in [5, 5.41) is 4.36. The van der Waals surface area contributed by atoms with E-state index in [0.717, 1.165) is 24.8 Å². The van der Waals surface area contributed by atoms with E-state index in [-0.39, 0.29) is 5.41 Å². The van der Waals surface area contributed by atoms with Gasteiger partial charge in [0.05, 0.1) is 0 Å². The van der Waals surface area contributed by atoms with Crippen molar-refractivity contribution in [2.75, 3.05) is 7.05 Å². The van der Waals surface area contributed by atoms with Crippen molar-refractivity contribution in [3.05, 3.63) is 179 Å². The number of allylic oxidation sites excluding steroid dienone is 15. The zero-order valence-corrected chi connectivity index (χ0v) is 25.5. The molecular formula is C40H39NS. The van der Waals surface area contributed by atoms with Crippen molar-refractivity contribution < 1.29 is 0 Å². The topological polar surface area (TPSA) is 12.0 Å². The minimum Gasteiger partial charge on any atom is -0.394 e. The first-order valence-corrected chi connectivity index (χ1v) is 15.4. The van der Waals surface area contributed by atoms with Gasteiger partial charge in [0.15, 0.2) is 0 Å². The van der Waals surface area contributed by atoms with Gasteiger partial charge in [-0.05, 0) is 84.0 Å². The number of nitrogens with one attached hydrogen (secondary N) is 1. The Bertz CT molecular complexity index is 1710. The lowest BCUT2D eigenvalue weighted by Crippen LogP contribution is -2.31. The molecule has 3 aromatic rings. The molecule has 0 saturated carbocycles. The first-order chi connectivity index (χ1) is 20.6. The molecule has 1 aromatic heterocycles. The second-order valence-electron chi connectivity index (χ2n) is 10.7. The van der Waals surface area contributed by atoms with E-state index in [0.29, 0.717) is 0 Å². The van der Waals surface area contributed by atoms with Crippen molar-refractivity contribution in [3.8, 4) is 0 Å². The van der Waals surface area contributed by atoms with Crippen molar-refractivity contribution in [2.24, 2.45) is 0 Å². The molecule has 0 aliphatic heterocycles. The van der Waals surface area contributed by atoms with Crippen LogP contribution in [0.3, 0.4) is 0 Å². The van der Waals surface area contributed by atoms with Gasteiger partial charge in [0.25, 0.3) is 0 Å². The maximum Gasteiger partial charge on any atom is 0.0448 e. The number of fused-ring (bicyclic) bond motifs is 1. The zero-order valence-electron chi connectivity index (χ0n) is 24.6. The predicted molar refractivity (Wildman–Crippen MR) is 187 cm³/mol. The molecule has 42 heavy (non-hydrogen) atoms. The first kappa shape index (κ1) is 29.1. The molecule has 0 amide bonds. The Balaban J connectivity index is 1.62. The molecule has 0 spiro atoms. The van der Waals surface area contributed by atoms with E-state index in [1.54, 1.807) is 11.3 Å². The largest absolute Gasteiger partial charge is 0.394 e. The SMILES string of the molecule is C=Cc1sc2ccccc2c1/C=C(\C)C1=CCC2=C(C=C1)C/C=C\C=C/C(=C)C2(C/C=C\C=C/NC)c1ccccc1. The first-order valence-electron chi connectivity index (χ1n) is 14.6. The van der Waals surface area contributed by atoms with Crippen LogP contribution in [0.5, 0.6) is 0 Å². The third-order valence-corrected chi connectivity index (χ3v) is 9.37. The van der Waals surface area contributed by atoms with E-state index < -0.39 is 0 Å². The third kappa shape index (κ3) is 5.95. The summed E-state index contributed by atoms with van der Waals surface area (Å²) in [6.07, 6.45) is 31.1. The fourth-order valence-corrected chi connectivity index (χ4v) is 7.06. The summed E-state index contributed by atoms with van der Waals surface area (Å²) in [6, 6.07) is 19.5. The van der Waals surface area contributed by atoms with Gasteiger partial charge in [0.2, 0.25) is 0 Å². The standard InChI is InChI=1S/C40H39NS/c1-5-38-36(35-21-13-14-22-39(35)42-38)29-30(2)32-23-24-33-18-10-6-9-17-31(3)40(37(33)26-25-32,27-15-8-16-28-41-4)34-19-11-7-12-20-34/h5-17,19-25,28-29,41H,1,3,18,26-27H2,2,4H3/b10-6-,15-8-,17-9-,28-16-,30-29+. The molecule has 0 bridgehead atoms. The molecule has 2 aromatic carbocycles. The van der Waals surface area contributed by atoms with E-state index in [9.17, 15) is 0 Å². The van der Waals surface area contributed by atoms with Gasteiger partial charge in [-0.15, -0.1) is 11.3 Å². The van der Waals surface area contributed by atoms with Crippen molar-refractivity contribution >= 4 is 33.6 Å². The Morgan fingerprint density at radius 2 is 1.79 bits per heavy atom. The van der Waals surface area contributed by atoms with Gasteiger partial charge in [-0.25, -0.2) is 0 Å². The molecule has 1 heterocycles. The highest BCUT2D eigenvalue weighted by Gasteiger charge is 2.38. The Hall–Kier alpha value is -4.40. The van der Waals surface area contributed by atoms with Crippen LogP contribution in [0.25, 0.3) is 22.2 Å². The summed E-state index contributed by atoms with van der Waals surface area (Å²) >= 11 is 1.80. The molecule has 2 heteroatoms. The van der Waals surface area contributed by atoms with Gasteiger partial charge in [-0.3, -0.25) is 0 Å². The maximum atomic E-state index is 4.69. The average molecular weight is 566 g/mol. The van der Waals surface area contributed by atoms with Gasteiger partial charge in [-0.1, -0.05) is 122 Å². The van der Waals surface area contributed by atoms with Crippen LogP contribution in [-0.4, -0.2) is 7.05 Å². The van der Waals surface area contributed by atoms with Crippen LogP contribution in [0.1, 0.15) is 42.2 Å². The Morgan fingerprint density at radius 1 is 0.976 bits per heavy atom. The minimum atomic E-state index is -0.365. The average Bonchev–Trinajstić information content (AvgIpc) is 3.25. The number of hydrogen-bond donors (Lipinski definition) is 1. The second kappa shape index (κ2) is 13.5. The number of benzene rings is 2. The summed E-state index contributed by atoms with van der Waals surface area (Å²) in [5.41, 5.74) is 8.53. The fraction of sp³-hybridized carbons (Fsp3) is 0.150. The van der Waals surface area contributed by atoms with Crippen molar-refractivity contribution in [2.45, 2.75) is 31.6 Å². The van der Waals surface area contributed by atoms with Crippen LogP contribution in [0.2, 0.25) is 0 Å².